The molecule has 2 unspecified atom stereocenters. The number of unbranched alkanes of at least 4 members (excludes halogenated alkanes) is 46. The first kappa shape index (κ1) is 98.5. The molecule has 0 aromatic heterocycles. The fourth-order valence-corrected chi connectivity index (χ4v) is 13.8. The van der Waals surface area contributed by atoms with Crippen LogP contribution in [0, 0.1) is 11.8 Å². The number of aliphatic hydroxyl groups excluding tert-OH is 1. The third-order valence-electron chi connectivity index (χ3n) is 18.6. The molecule has 0 aliphatic rings. The molecule has 0 aliphatic heterocycles. The Hall–Kier alpha value is -2.46. The molecule has 17 nitrogen and oxygen atoms in total. The van der Waals surface area contributed by atoms with Crippen LogP contribution in [0.1, 0.15) is 408 Å². The molecule has 0 saturated carbocycles. The first-order valence-corrected chi connectivity index (χ1v) is 44.8. The number of carbonyl (C=O) groups is 4. The number of carbonyl (C=O) groups excluding carboxylic acids is 4. The Balaban J connectivity index is 5.27. The van der Waals surface area contributed by atoms with E-state index >= 15 is 0 Å². The maximum atomic E-state index is 13.1. The van der Waals surface area contributed by atoms with Gasteiger partial charge in [0.2, 0.25) is 0 Å². The van der Waals surface area contributed by atoms with Crippen LogP contribution < -0.4 is 0 Å². The maximum Gasteiger partial charge on any atom is 0.472 e. The Morgan fingerprint density at radius 1 is 0.307 bits per heavy atom. The number of esters is 4. The predicted octanol–water partition coefficient (Wildman–Crippen LogP) is 24.2. The minimum atomic E-state index is -4.97. The summed E-state index contributed by atoms with van der Waals surface area (Å²) in [5, 5.41) is 10.6. The Bertz CT molecular complexity index is 2040. The molecule has 3 N–H and O–H groups in total. The first-order chi connectivity index (χ1) is 48.9. The van der Waals surface area contributed by atoms with Crippen LogP contribution in [0.5, 0.6) is 0 Å². The molecule has 0 radical (unpaired) electrons. The molecule has 0 aromatic rings. The second-order valence-corrected chi connectivity index (χ2v) is 32.7. The van der Waals surface area contributed by atoms with Gasteiger partial charge in [-0.3, -0.25) is 37.3 Å². The SMILES string of the molecule is CCCCCC/C=C\C=C/CCCCCCCC(=O)O[C@H](COC(=O)CCCCCCCCCC(C)C)COP(=O)(O)OC[C@H](O)COP(=O)(O)OC[C@@H](COC(=O)CCCCCCCCCCCCCCCCCCCC)OC(=O)CCCCCCCCCCCCCCCCCC(C)C. The number of phosphoric ester groups is 2. The Morgan fingerprint density at radius 2 is 0.535 bits per heavy atom. The van der Waals surface area contributed by atoms with Crippen molar-refractivity contribution in [3.05, 3.63) is 24.3 Å². The summed E-state index contributed by atoms with van der Waals surface area (Å²) in [4.78, 5) is 73.0. The maximum absolute atomic E-state index is 13.1. The normalized spacial score (nSPS) is 14.0. The van der Waals surface area contributed by atoms with Gasteiger partial charge in [-0.05, 0) is 63.2 Å². The molecule has 0 rings (SSSR count). The average Bonchev–Trinajstić information content (AvgIpc) is 0.934. The van der Waals surface area contributed by atoms with Gasteiger partial charge < -0.3 is 33.8 Å². The van der Waals surface area contributed by atoms with E-state index in [1.165, 1.54) is 205 Å². The summed E-state index contributed by atoms with van der Waals surface area (Å²) in [5.74, 6) is -0.636. The van der Waals surface area contributed by atoms with Crippen molar-refractivity contribution in [2.75, 3.05) is 39.6 Å². The number of phosphoric acid groups is 2. The van der Waals surface area contributed by atoms with Gasteiger partial charge in [0.05, 0.1) is 26.4 Å². The van der Waals surface area contributed by atoms with Crippen LogP contribution in [0.2, 0.25) is 0 Å². The van der Waals surface area contributed by atoms with E-state index in [4.69, 9.17) is 37.0 Å². The van der Waals surface area contributed by atoms with Gasteiger partial charge in [-0.2, -0.15) is 0 Å². The van der Waals surface area contributed by atoms with Crippen molar-refractivity contribution in [1.29, 1.82) is 0 Å². The highest BCUT2D eigenvalue weighted by Gasteiger charge is 2.30. The highest BCUT2D eigenvalue weighted by atomic mass is 31.2. The molecular formula is C82H156O17P2. The van der Waals surface area contributed by atoms with Crippen molar-refractivity contribution in [1.82, 2.24) is 0 Å². The van der Waals surface area contributed by atoms with Crippen LogP contribution >= 0.6 is 15.6 Å². The molecule has 101 heavy (non-hydrogen) atoms. The van der Waals surface area contributed by atoms with Crippen molar-refractivity contribution >= 4 is 39.5 Å². The quantitative estimate of drug-likeness (QED) is 0.0169. The Kier molecular flexibility index (Phi) is 71.3. The van der Waals surface area contributed by atoms with Crippen LogP contribution in [0.25, 0.3) is 0 Å². The molecule has 0 aromatic carbocycles. The molecule has 0 bridgehead atoms. The Labute approximate surface area is 618 Å². The largest absolute Gasteiger partial charge is 0.472 e. The lowest BCUT2D eigenvalue weighted by Crippen LogP contribution is -2.30. The summed E-state index contributed by atoms with van der Waals surface area (Å²) in [6.45, 7) is 9.54. The molecule has 0 saturated heterocycles. The molecule has 0 fully saturated rings. The molecule has 0 amide bonds. The molecular weight excluding hydrogens is 1320 g/mol. The topological polar surface area (TPSA) is 237 Å². The number of hydrogen-bond acceptors (Lipinski definition) is 15. The van der Waals surface area contributed by atoms with Gasteiger partial charge >= 0.3 is 39.5 Å². The standard InChI is InChI=1S/C82H156O17P2/c1-7-9-11-13-15-17-19-21-23-24-25-29-32-36-40-46-52-58-64-79(84)92-70-77(98-81(86)67-61-55-48-42-38-34-30-26-28-31-35-39-44-50-56-62-74(3)4)72-96-100(88,89)94-68-76(83)69-95-101(90,91)97-73-78(71-93-80(85)65-59-53-49-43-45-51-57-63-75(5)6)99-82(87)66-60-54-47-41-37-33-27-22-20-18-16-14-12-10-8-2/h18,20,22,27,74-78,83H,7-17,19,21,23-26,28-73H2,1-6H3,(H,88,89)(H,90,91)/b20-18-,27-22-/t76-,77-,78-/m1/s1. The fraction of sp³-hybridized carbons (Fsp3) is 0.902. The van der Waals surface area contributed by atoms with Gasteiger partial charge in [0.15, 0.2) is 12.2 Å². The van der Waals surface area contributed by atoms with E-state index in [9.17, 15) is 43.2 Å². The van der Waals surface area contributed by atoms with E-state index in [1.807, 2.05) is 0 Å². The van der Waals surface area contributed by atoms with Gasteiger partial charge in [-0.25, -0.2) is 9.13 Å². The van der Waals surface area contributed by atoms with Crippen LogP contribution in [-0.2, 0) is 65.4 Å². The number of hydrogen-bond donors (Lipinski definition) is 3. The van der Waals surface area contributed by atoms with Gasteiger partial charge in [0.25, 0.3) is 0 Å². The average molecular weight is 1480 g/mol. The number of rotatable bonds is 79. The monoisotopic (exact) mass is 1480 g/mol. The summed E-state index contributed by atoms with van der Waals surface area (Å²) in [6, 6.07) is 0. The molecule has 5 atom stereocenters. The number of aliphatic hydroxyl groups is 1. The van der Waals surface area contributed by atoms with Gasteiger partial charge in [-0.1, -0.05) is 355 Å². The lowest BCUT2D eigenvalue weighted by molar-refractivity contribution is -0.161. The van der Waals surface area contributed by atoms with Gasteiger partial charge in [0.1, 0.15) is 19.3 Å². The Morgan fingerprint density at radius 3 is 0.812 bits per heavy atom. The highest BCUT2D eigenvalue weighted by molar-refractivity contribution is 7.47. The van der Waals surface area contributed by atoms with E-state index < -0.39 is 97.5 Å². The smallest absolute Gasteiger partial charge is 0.462 e. The lowest BCUT2D eigenvalue weighted by atomic mass is 10.0. The van der Waals surface area contributed by atoms with Crippen molar-refractivity contribution in [2.45, 2.75) is 426 Å². The molecule has 0 aliphatic carbocycles. The zero-order chi connectivity index (χ0) is 74.2. The molecule has 0 heterocycles. The van der Waals surface area contributed by atoms with E-state index in [0.717, 1.165) is 115 Å². The minimum absolute atomic E-state index is 0.0844. The summed E-state index contributed by atoms with van der Waals surface area (Å²) in [7, 11) is -9.93. The minimum Gasteiger partial charge on any atom is -0.462 e. The predicted molar refractivity (Wildman–Crippen MR) is 414 cm³/mol. The van der Waals surface area contributed by atoms with Crippen LogP contribution in [0.15, 0.2) is 24.3 Å². The van der Waals surface area contributed by atoms with Gasteiger partial charge in [0, 0.05) is 25.7 Å². The summed E-state index contributed by atoms with van der Waals surface area (Å²) < 4.78 is 68.7. The van der Waals surface area contributed by atoms with E-state index in [2.05, 4.69) is 65.8 Å². The van der Waals surface area contributed by atoms with Crippen molar-refractivity contribution in [2.24, 2.45) is 11.8 Å². The van der Waals surface area contributed by atoms with Crippen molar-refractivity contribution < 1.29 is 80.2 Å². The number of ether oxygens (including phenoxy) is 4. The zero-order valence-corrected chi connectivity index (χ0v) is 67.5. The zero-order valence-electron chi connectivity index (χ0n) is 65.7. The summed E-state index contributed by atoms with van der Waals surface area (Å²) >= 11 is 0. The second-order valence-electron chi connectivity index (χ2n) is 29.8. The lowest BCUT2D eigenvalue weighted by Gasteiger charge is -2.21. The molecule has 19 heteroatoms. The summed E-state index contributed by atoms with van der Waals surface area (Å²) in [5.41, 5.74) is 0. The van der Waals surface area contributed by atoms with E-state index in [1.54, 1.807) is 0 Å². The van der Waals surface area contributed by atoms with E-state index in [-0.39, 0.29) is 25.7 Å². The molecule has 0 spiro atoms. The second kappa shape index (κ2) is 73.1. The van der Waals surface area contributed by atoms with Crippen LogP contribution in [0.4, 0.5) is 0 Å². The fourth-order valence-electron chi connectivity index (χ4n) is 12.2. The van der Waals surface area contributed by atoms with Crippen molar-refractivity contribution in [3.63, 3.8) is 0 Å². The highest BCUT2D eigenvalue weighted by Crippen LogP contribution is 2.45. The first-order valence-electron chi connectivity index (χ1n) is 41.8. The summed E-state index contributed by atoms with van der Waals surface area (Å²) in [6.07, 6.45) is 66.1. The van der Waals surface area contributed by atoms with E-state index in [0.29, 0.717) is 31.6 Å². The molecule has 596 valence electrons. The van der Waals surface area contributed by atoms with Crippen LogP contribution in [-0.4, -0.2) is 96.7 Å². The number of allylic oxidation sites excluding steroid dienone is 4. The van der Waals surface area contributed by atoms with Gasteiger partial charge in [-0.15, -0.1) is 0 Å². The third-order valence-corrected chi connectivity index (χ3v) is 20.5. The van der Waals surface area contributed by atoms with Crippen molar-refractivity contribution in [3.8, 4) is 0 Å². The third kappa shape index (κ3) is 75.6. The van der Waals surface area contributed by atoms with Crippen LogP contribution in [0.3, 0.4) is 0 Å².